The predicted molar refractivity (Wildman–Crippen MR) is 73.9 cm³/mol. The highest BCUT2D eigenvalue weighted by atomic mass is 16.5. The van der Waals surface area contributed by atoms with Crippen molar-refractivity contribution in [2.45, 2.75) is 19.8 Å². The van der Waals surface area contributed by atoms with Crippen LogP contribution < -0.4 is 11.1 Å². The van der Waals surface area contributed by atoms with Crippen LogP contribution in [0.1, 0.15) is 30.1 Å². The maximum Gasteiger partial charge on any atom is 0.337 e. The number of esters is 1. The van der Waals surface area contributed by atoms with Gasteiger partial charge in [-0.05, 0) is 24.6 Å². The zero-order valence-corrected chi connectivity index (χ0v) is 11.3. The standard InChI is InChI=1S/C14H20N2O3/c1-3-5-11(9-15)13(17)16-12-7-4-6-10(8-12)14(18)19-2/h4,6-8,11H,3,5,9,15H2,1-2H3,(H,16,17). The summed E-state index contributed by atoms with van der Waals surface area (Å²) in [5.41, 5.74) is 6.55. The van der Waals surface area contributed by atoms with Crippen molar-refractivity contribution >= 4 is 17.6 Å². The third kappa shape index (κ3) is 4.37. The lowest BCUT2D eigenvalue weighted by Gasteiger charge is -2.14. The van der Waals surface area contributed by atoms with Gasteiger partial charge in [-0.15, -0.1) is 0 Å². The van der Waals surface area contributed by atoms with Crippen LogP contribution in [0.25, 0.3) is 0 Å². The van der Waals surface area contributed by atoms with Gasteiger partial charge in [-0.1, -0.05) is 19.4 Å². The molecule has 1 unspecified atom stereocenters. The fourth-order valence-corrected chi connectivity index (χ4v) is 1.79. The molecule has 19 heavy (non-hydrogen) atoms. The summed E-state index contributed by atoms with van der Waals surface area (Å²) in [4.78, 5) is 23.4. The number of rotatable bonds is 6. The second-order valence-electron chi connectivity index (χ2n) is 4.28. The number of benzene rings is 1. The summed E-state index contributed by atoms with van der Waals surface area (Å²) >= 11 is 0. The monoisotopic (exact) mass is 264 g/mol. The van der Waals surface area contributed by atoms with Crippen LogP contribution in [0.15, 0.2) is 24.3 Å². The van der Waals surface area contributed by atoms with E-state index >= 15 is 0 Å². The normalized spacial score (nSPS) is 11.7. The minimum atomic E-state index is -0.431. The highest BCUT2D eigenvalue weighted by Crippen LogP contribution is 2.14. The van der Waals surface area contributed by atoms with E-state index in [-0.39, 0.29) is 11.8 Å². The first-order chi connectivity index (χ1) is 9.12. The van der Waals surface area contributed by atoms with E-state index in [1.54, 1.807) is 24.3 Å². The molecule has 1 atom stereocenters. The molecule has 5 heteroatoms. The second kappa shape index (κ2) is 7.53. The van der Waals surface area contributed by atoms with E-state index < -0.39 is 5.97 Å². The quantitative estimate of drug-likeness (QED) is 0.767. The highest BCUT2D eigenvalue weighted by molar-refractivity contribution is 5.95. The first kappa shape index (κ1) is 15.2. The van der Waals surface area contributed by atoms with Gasteiger partial charge in [0.2, 0.25) is 5.91 Å². The third-order valence-corrected chi connectivity index (χ3v) is 2.84. The van der Waals surface area contributed by atoms with Crippen LogP contribution >= 0.6 is 0 Å². The van der Waals surface area contributed by atoms with Gasteiger partial charge in [-0.25, -0.2) is 4.79 Å². The van der Waals surface area contributed by atoms with Gasteiger partial charge in [-0.2, -0.15) is 0 Å². The number of methoxy groups -OCH3 is 1. The molecule has 5 nitrogen and oxygen atoms in total. The minimum Gasteiger partial charge on any atom is -0.465 e. The molecule has 104 valence electrons. The Morgan fingerprint density at radius 1 is 1.42 bits per heavy atom. The average Bonchev–Trinajstić information content (AvgIpc) is 2.43. The van der Waals surface area contributed by atoms with Crippen molar-refractivity contribution in [3.63, 3.8) is 0 Å². The molecule has 0 fully saturated rings. The van der Waals surface area contributed by atoms with Crippen LogP contribution in [-0.2, 0) is 9.53 Å². The van der Waals surface area contributed by atoms with Crippen molar-refractivity contribution in [1.82, 2.24) is 0 Å². The Hall–Kier alpha value is -1.88. The topological polar surface area (TPSA) is 81.4 Å². The maximum absolute atomic E-state index is 12.0. The summed E-state index contributed by atoms with van der Waals surface area (Å²) in [6, 6.07) is 6.64. The number of ether oxygens (including phenoxy) is 1. The Morgan fingerprint density at radius 3 is 2.74 bits per heavy atom. The number of hydrogen-bond acceptors (Lipinski definition) is 4. The van der Waals surface area contributed by atoms with Crippen molar-refractivity contribution in [2.75, 3.05) is 19.0 Å². The van der Waals surface area contributed by atoms with Gasteiger partial charge in [0, 0.05) is 12.2 Å². The zero-order valence-electron chi connectivity index (χ0n) is 11.3. The van der Waals surface area contributed by atoms with E-state index in [2.05, 4.69) is 10.1 Å². The molecule has 1 aromatic rings. The largest absolute Gasteiger partial charge is 0.465 e. The van der Waals surface area contributed by atoms with Gasteiger partial charge < -0.3 is 15.8 Å². The van der Waals surface area contributed by atoms with Gasteiger partial charge >= 0.3 is 5.97 Å². The molecule has 0 aliphatic heterocycles. The van der Waals surface area contributed by atoms with E-state index in [1.807, 2.05) is 6.92 Å². The van der Waals surface area contributed by atoms with Crippen LogP contribution in [0.4, 0.5) is 5.69 Å². The lowest BCUT2D eigenvalue weighted by atomic mass is 10.0. The second-order valence-corrected chi connectivity index (χ2v) is 4.28. The smallest absolute Gasteiger partial charge is 0.337 e. The van der Waals surface area contributed by atoms with Crippen LogP contribution in [0.5, 0.6) is 0 Å². The Labute approximate surface area is 113 Å². The number of anilines is 1. The van der Waals surface area contributed by atoms with E-state index in [0.29, 0.717) is 17.8 Å². The molecule has 0 saturated carbocycles. The number of amides is 1. The molecule has 1 aromatic carbocycles. The van der Waals surface area contributed by atoms with E-state index in [4.69, 9.17) is 5.73 Å². The average molecular weight is 264 g/mol. The number of nitrogens with two attached hydrogens (primary N) is 1. The molecule has 3 N–H and O–H groups in total. The third-order valence-electron chi connectivity index (χ3n) is 2.84. The first-order valence-electron chi connectivity index (χ1n) is 6.31. The fraction of sp³-hybridized carbons (Fsp3) is 0.429. The van der Waals surface area contributed by atoms with Crippen molar-refractivity contribution in [3.05, 3.63) is 29.8 Å². The Balaban J connectivity index is 2.76. The lowest BCUT2D eigenvalue weighted by Crippen LogP contribution is -2.29. The van der Waals surface area contributed by atoms with Crippen LogP contribution in [0.3, 0.4) is 0 Å². The molecule has 0 aromatic heterocycles. The Bertz CT molecular complexity index is 446. The van der Waals surface area contributed by atoms with E-state index in [0.717, 1.165) is 12.8 Å². The molecule has 1 amide bonds. The summed E-state index contributed by atoms with van der Waals surface area (Å²) in [7, 11) is 1.32. The first-order valence-corrected chi connectivity index (χ1v) is 6.31. The summed E-state index contributed by atoms with van der Waals surface area (Å²) in [5.74, 6) is -0.752. The predicted octanol–water partition coefficient (Wildman–Crippen LogP) is 1.79. The van der Waals surface area contributed by atoms with Crippen molar-refractivity contribution < 1.29 is 14.3 Å². The zero-order chi connectivity index (χ0) is 14.3. The lowest BCUT2D eigenvalue weighted by molar-refractivity contribution is -0.119. The number of carbonyl (C=O) groups is 2. The Kier molecular flexibility index (Phi) is 6.02. The molecular formula is C14H20N2O3. The molecule has 0 aliphatic carbocycles. The maximum atomic E-state index is 12.0. The van der Waals surface area contributed by atoms with E-state index in [9.17, 15) is 9.59 Å². The van der Waals surface area contributed by atoms with Gasteiger partial charge in [0.05, 0.1) is 18.6 Å². The molecule has 0 spiro atoms. The minimum absolute atomic E-state index is 0.119. The summed E-state index contributed by atoms with van der Waals surface area (Å²) in [6.45, 7) is 2.32. The van der Waals surface area contributed by atoms with Crippen molar-refractivity contribution in [3.8, 4) is 0 Å². The fourth-order valence-electron chi connectivity index (χ4n) is 1.79. The van der Waals surface area contributed by atoms with Gasteiger partial charge in [0.15, 0.2) is 0 Å². The highest BCUT2D eigenvalue weighted by Gasteiger charge is 2.16. The van der Waals surface area contributed by atoms with Gasteiger partial charge in [0.25, 0.3) is 0 Å². The van der Waals surface area contributed by atoms with Gasteiger partial charge in [0.1, 0.15) is 0 Å². The number of nitrogens with one attached hydrogen (secondary N) is 1. The Morgan fingerprint density at radius 2 is 2.16 bits per heavy atom. The SMILES string of the molecule is CCCC(CN)C(=O)Nc1cccc(C(=O)OC)c1. The summed E-state index contributed by atoms with van der Waals surface area (Å²) in [5, 5.41) is 2.77. The molecule has 0 radical (unpaired) electrons. The van der Waals surface area contributed by atoms with E-state index in [1.165, 1.54) is 7.11 Å². The molecule has 1 rings (SSSR count). The van der Waals surface area contributed by atoms with Crippen molar-refractivity contribution in [2.24, 2.45) is 11.7 Å². The molecule has 0 bridgehead atoms. The molecule has 0 aliphatic rings. The molecule has 0 saturated heterocycles. The summed E-state index contributed by atoms with van der Waals surface area (Å²) in [6.07, 6.45) is 1.65. The number of hydrogen-bond donors (Lipinski definition) is 2. The van der Waals surface area contributed by atoms with Crippen LogP contribution in [-0.4, -0.2) is 25.5 Å². The van der Waals surface area contributed by atoms with Gasteiger partial charge in [-0.3, -0.25) is 4.79 Å². The van der Waals surface area contributed by atoms with Crippen LogP contribution in [0.2, 0.25) is 0 Å². The van der Waals surface area contributed by atoms with Crippen molar-refractivity contribution in [1.29, 1.82) is 0 Å². The number of carbonyl (C=O) groups excluding carboxylic acids is 2. The molecular weight excluding hydrogens is 244 g/mol. The molecule has 0 heterocycles. The van der Waals surface area contributed by atoms with Crippen LogP contribution in [0, 0.1) is 5.92 Å². The summed E-state index contributed by atoms with van der Waals surface area (Å²) < 4.78 is 4.63.